The number of nitrogens with zero attached hydrogens (tertiary/aromatic N) is 3. The first kappa shape index (κ1) is 22.0. The maximum atomic E-state index is 13.0. The van der Waals surface area contributed by atoms with Gasteiger partial charge >= 0.3 is 6.18 Å². The van der Waals surface area contributed by atoms with Crippen LogP contribution in [0, 0.1) is 5.82 Å². The van der Waals surface area contributed by atoms with E-state index in [1.807, 2.05) is 16.7 Å². The van der Waals surface area contributed by atoms with Gasteiger partial charge in [-0.05, 0) is 43.2 Å². The van der Waals surface area contributed by atoms with Crippen LogP contribution in [0.25, 0.3) is 0 Å². The van der Waals surface area contributed by atoms with Gasteiger partial charge in [-0.3, -0.25) is 9.69 Å². The van der Waals surface area contributed by atoms with E-state index < -0.39 is 11.7 Å². The number of amides is 1. The van der Waals surface area contributed by atoms with E-state index in [1.54, 1.807) is 12.1 Å². The summed E-state index contributed by atoms with van der Waals surface area (Å²) in [6.07, 6.45) is -2.79. The minimum atomic E-state index is -4.40. The molecule has 1 N–H and O–H groups in total. The Balaban J connectivity index is 1.53. The highest BCUT2D eigenvalue weighted by molar-refractivity contribution is 5.81. The van der Waals surface area contributed by atoms with E-state index in [0.29, 0.717) is 38.5 Å². The Bertz CT molecular complexity index is 840. The van der Waals surface area contributed by atoms with Crippen molar-refractivity contribution in [3.63, 3.8) is 0 Å². The molecule has 0 saturated carbocycles. The number of carbonyl (C=O) groups excluding carboxylic acids is 1. The van der Waals surface area contributed by atoms with Gasteiger partial charge in [0, 0.05) is 38.9 Å². The lowest BCUT2D eigenvalue weighted by molar-refractivity contribution is -0.137. The molecule has 0 bridgehead atoms. The second kappa shape index (κ2) is 9.42. The third-order valence-electron chi connectivity index (χ3n) is 5.24. The average Bonchev–Trinajstić information content (AvgIpc) is 2.98. The van der Waals surface area contributed by atoms with Crippen LogP contribution in [0.3, 0.4) is 0 Å². The van der Waals surface area contributed by atoms with Crippen LogP contribution in [0.4, 0.5) is 23.4 Å². The third kappa shape index (κ3) is 5.69. The highest BCUT2D eigenvalue weighted by atomic mass is 19.4. The Morgan fingerprint density at radius 1 is 1.10 bits per heavy atom. The smallest absolute Gasteiger partial charge is 0.355 e. The van der Waals surface area contributed by atoms with Crippen LogP contribution in [0.2, 0.25) is 0 Å². The van der Waals surface area contributed by atoms with Gasteiger partial charge in [-0.2, -0.15) is 13.2 Å². The standard InChI is InChI=1S/C21H24F4N4O/c1-15(20(30)27-13-16-3-6-18(22)7-4-16)28-9-2-10-29(12-11-28)19-8-5-17(14-26-19)21(23,24)25/h3-8,14-15H,2,9-13H2,1H3,(H,27,30)/t15-/m1/s1. The SMILES string of the molecule is C[C@H](C(=O)NCc1ccc(F)cc1)N1CCCN(c2ccc(C(F)(F)F)cn2)CC1. The fourth-order valence-electron chi connectivity index (χ4n) is 3.40. The van der Waals surface area contributed by atoms with Gasteiger partial charge < -0.3 is 10.2 Å². The van der Waals surface area contributed by atoms with Crippen LogP contribution < -0.4 is 10.2 Å². The highest BCUT2D eigenvalue weighted by Crippen LogP contribution is 2.29. The Kier molecular flexibility index (Phi) is 6.91. The van der Waals surface area contributed by atoms with Crippen molar-refractivity contribution in [3.05, 3.63) is 59.5 Å². The van der Waals surface area contributed by atoms with E-state index in [4.69, 9.17) is 0 Å². The van der Waals surface area contributed by atoms with Crippen molar-refractivity contribution in [3.8, 4) is 0 Å². The second-order valence-corrected chi connectivity index (χ2v) is 7.30. The van der Waals surface area contributed by atoms with Gasteiger partial charge in [0.15, 0.2) is 0 Å². The molecular formula is C21H24F4N4O. The second-order valence-electron chi connectivity index (χ2n) is 7.30. The molecule has 9 heteroatoms. The van der Waals surface area contributed by atoms with Gasteiger partial charge in [-0.15, -0.1) is 0 Å². The first-order valence-electron chi connectivity index (χ1n) is 9.78. The average molecular weight is 424 g/mol. The zero-order chi connectivity index (χ0) is 21.7. The lowest BCUT2D eigenvalue weighted by atomic mass is 10.2. The lowest BCUT2D eigenvalue weighted by Gasteiger charge is -2.27. The van der Waals surface area contributed by atoms with Gasteiger partial charge in [-0.1, -0.05) is 12.1 Å². The van der Waals surface area contributed by atoms with E-state index in [-0.39, 0.29) is 17.8 Å². The fraction of sp³-hybridized carbons (Fsp3) is 0.429. The molecule has 1 saturated heterocycles. The number of pyridine rings is 1. The molecule has 0 spiro atoms. The molecule has 2 heterocycles. The van der Waals surface area contributed by atoms with Crippen molar-refractivity contribution in [1.29, 1.82) is 0 Å². The molecule has 1 aromatic heterocycles. The number of carbonyl (C=O) groups is 1. The number of hydrogen-bond donors (Lipinski definition) is 1. The van der Waals surface area contributed by atoms with E-state index in [1.165, 1.54) is 18.2 Å². The fourth-order valence-corrected chi connectivity index (χ4v) is 3.40. The summed E-state index contributed by atoms with van der Waals surface area (Å²) in [5.41, 5.74) is 0.0431. The first-order chi connectivity index (χ1) is 14.2. The number of rotatable bonds is 5. The summed E-state index contributed by atoms with van der Waals surface area (Å²) in [7, 11) is 0. The molecule has 1 aromatic carbocycles. The summed E-state index contributed by atoms with van der Waals surface area (Å²) in [5, 5.41) is 2.86. The molecule has 0 radical (unpaired) electrons. The third-order valence-corrected chi connectivity index (χ3v) is 5.24. The lowest BCUT2D eigenvalue weighted by Crippen LogP contribution is -2.46. The van der Waals surface area contributed by atoms with Crippen LogP contribution >= 0.6 is 0 Å². The van der Waals surface area contributed by atoms with Crippen LogP contribution in [0.1, 0.15) is 24.5 Å². The maximum Gasteiger partial charge on any atom is 0.417 e. The van der Waals surface area contributed by atoms with Gasteiger partial charge in [0.05, 0.1) is 11.6 Å². The first-order valence-corrected chi connectivity index (χ1v) is 9.78. The number of anilines is 1. The summed E-state index contributed by atoms with van der Waals surface area (Å²) in [4.78, 5) is 20.5. The van der Waals surface area contributed by atoms with E-state index in [2.05, 4.69) is 10.3 Å². The molecule has 1 aliphatic heterocycles. The number of halogens is 4. The molecular weight excluding hydrogens is 400 g/mol. The van der Waals surface area contributed by atoms with Crippen molar-refractivity contribution >= 4 is 11.7 Å². The van der Waals surface area contributed by atoms with E-state index in [9.17, 15) is 22.4 Å². The van der Waals surface area contributed by atoms with E-state index >= 15 is 0 Å². The zero-order valence-corrected chi connectivity index (χ0v) is 16.6. The minimum absolute atomic E-state index is 0.125. The predicted octanol–water partition coefficient (Wildman–Crippen LogP) is 3.46. The van der Waals surface area contributed by atoms with Crippen LogP contribution in [0.15, 0.2) is 42.6 Å². The molecule has 1 aliphatic rings. The number of hydrogen-bond acceptors (Lipinski definition) is 4. The summed E-state index contributed by atoms with van der Waals surface area (Å²) < 4.78 is 51.1. The minimum Gasteiger partial charge on any atom is -0.355 e. The van der Waals surface area contributed by atoms with Crippen LogP contribution in [-0.4, -0.2) is 48.0 Å². The van der Waals surface area contributed by atoms with Gasteiger partial charge in [0.2, 0.25) is 5.91 Å². The molecule has 1 atom stereocenters. The topological polar surface area (TPSA) is 48.5 Å². The van der Waals surface area contributed by atoms with Crippen LogP contribution in [-0.2, 0) is 17.5 Å². The maximum absolute atomic E-state index is 13.0. The van der Waals surface area contributed by atoms with Crippen molar-refractivity contribution in [1.82, 2.24) is 15.2 Å². The van der Waals surface area contributed by atoms with Crippen molar-refractivity contribution < 1.29 is 22.4 Å². The van der Waals surface area contributed by atoms with Crippen molar-refractivity contribution in [2.24, 2.45) is 0 Å². The Hall–Kier alpha value is -2.68. The van der Waals surface area contributed by atoms with Gasteiger partial charge in [0.1, 0.15) is 11.6 Å². The molecule has 2 aromatic rings. The van der Waals surface area contributed by atoms with Gasteiger partial charge in [-0.25, -0.2) is 9.37 Å². The largest absolute Gasteiger partial charge is 0.417 e. The van der Waals surface area contributed by atoms with Crippen molar-refractivity contribution in [2.75, 3.05) is 31.1 Å². The summed E-state index contributed by atoms with van der Waals surface area (Å²) >= 11 is 0. The molecule has 5 nitrogen and oxygen atoms in total. The molecule has 0 aliphatic carbocycles. The zero-order valence-electron chi connectivity index (χ0n) is 16.6. The number of nitrogens with one attached hydrogen (secondary N) is 1. The molecule has 162 valence electrons. The van der Waals surface area contributed by atoms with Gasteiger partial charge in [0.25, 0.3) is 0 Å². The normalized spacial score (nSPS) is 16.8. The quantitative estimate of drug-likeness (QED) is 0.747. The summed E-state index contributed by atoms with van der Waals surface area (Å²) in [6, 6.07) is 8.02. The molecule has 1 amide bonds. The number of aromatic nitrogens is 1. The summed E-state index contributed by atoms with van der Waals surface area (Å²) in [6.45, 7) is 4.65. The number of benzene rings is 1. The molecule has 3 rings (SSSR count). The van der Waals surface area contributed by atoms with Crippen LogP contribution in [0.5, 0.6) is 0 Å². The molecule has 1 fully saturated rings. The Morgan fingerprint density at radius 3 is 2.47 bits per heavy atom. The molecule has 30 heavy (non-hydrogen) atoms. The highest BCUT2D eigenvalue weighted by Gasteiger charge is 2.31. The Morgan fingerprint density at radius 2 is 1.83 bits per heavy atom. The molecule has 0 unspecified atom stereocenters. The number of alkyl halides is 3. The summed E-state index contributed by atoms with van der Waals surface area (Å²) in [5.74, 6) is 0.0498. The Labute approximate surface area is 172 Å². The predicted molar refractivity (Wildman–Crippen MR) is 105 cm³/mol. The monoisotopic (exact) mass is 424 g/mol. The van der Waals surface area contributed by atoms with E-state index in [0.717, 1.165) is 24.2 Å². The van der Waals surface area contributed by atoms with Crippen molar-refractivity contribution in [2.45, 2.75) is 32.1 Å².